The SMILES string of the molecule is CN(C)c1c(N)n(C)c(=O)n(CC(=O)Nc2ccc(F)c(F)c2F)c1=O. The van der Waals surface area contributed by atoms with Crippen LogP contribution < -0.4 is 27.2 Å². The Morgan fingerprint density at radius 3 is 2.38 bits per heavy atom. The van der Waals surface area contributed by atoms with Crippen molar-refractivity contribution < 1.29 is 18.0 Å². The first kappa shape index (κ1) is 19.1. The highest BCUT2D eigenvalue weighted by atomic mass is 19.2. The van der Waals surface area contributed by atoms with Crippen molar-refractivity contribution in [1.82, 2.24) is 9.13 Å². The minimum absolute atomic E-state index is 0.0149. The largest absolute Gasteiger partial charge is 0.383 e. The van der Waals surface area contributed by atoms with Gasteiger partial charge in [-0.15, -0.1) is 0 Å². The van der Waals surface area contributed by atoms with Gasteiger partial charge < -0.3 is 16.0 Å². The van der Waals surface area contributed by atoms with Crippen molar-refractivity contribution in [3.05, 3.63) is 50.4 Å². The Morgan fingerprint density at radius 1 is 1.19 bits per heavy atom. The van der Waals surface area contributed by atoms with Crippen molar-refractivity contribution in [3.63, 3.8) is 0 Å². The number of nitrogens with two attached hydrogens (primary N) is 1. The summed E-state index contributed by atoms with van der Waals surface area (Å²) in [6.45, 7) is -0.773. The van der Waals surface area contributed by atoms with Crippen LogP contribution in [-0.2, 0) is 18.4 Å². The van der Waals surface area contributed by atoms with Crippen LogP contribution in [0.1, 0.15) is 0 Å². The number of nitrogens with one attached hydrogen (secondary N) is 1. The summed E-state index contributed by atoms with van der Waals surface area (Å²) in [4.78, 5) is 38.1. The lowest BCUT2D eigenvalue weighted by atomic mass is 10.2. The summed E-state index contributed by atoms with van der Waals surface area (Å²) in [5, 5.41) is 1.99. The third-order valence-corrected chi connectivity index (χ3v) is 3.63. The first-order valence-electron chi connectivity index (χ1n) is 7.26. The van der Waals surface area contributed by atoms with Crippen LogP contribution in [-0.4, -0.2) is 29.1 Å². The molecule has 2 rings (SSSR count). The van der Waals surface area contributed by atoms with Gasteiger partial charge in [0.1, 0.15) is 18.1 Å². The molecule has 0 bridgehead atoms. The number of hydrogen-bond donors (Lipinski definition) is 2. The molecule has 0 aliphatic heterocycles. The molecule has 0 unspecified atom stereocenters. The molecule has 1 heterocycles. The van der Waals surface area contributed by atoms with Crippen molar-refractivity contribution in [1.29, 1.82) is 0 Å². The Kier molecular flexibility index (Phi) is 5.10. The third kappa shape index (κ3) is 3.27. The molecule has 26 heavy (non-hydrogen) atoms. The number of halogens is 3. The van der Waals surface area contributed by atoms with Gasteiger partial charge in [0.25, 0.3) is 5.56 Å². The number of amides is 1. The summed E-state index contributed by atoms with van der Waals surface area (Å²) < 4.78 is 41.3. The predicted molar refractivity (Wildman–Crippen MR) is 89.6 cm³/mol. The van der Waals surface area contributed by atoms with Gasteiger partial charge in [0.2, 0.25) is 5.91 Å². The molecule has 0 aliphatic rings. The maximum Gasteiger partial charge on any atom is 0.332 e. The minimum Gasteiger partial charge on any atom is -0.383 e. The Bertz CT molecular complexity index is 997. The van der Waals surface area contributed by atoms with Gasteiger partial charge in [0.05, 0.1) is 5.69 Å². The van der Waals surface area contributed by atoms with Crippen LogP contribution in [0, 0.1) is 17.5 Å². The molecule has 3 N–H and O–H groups in total. The minimum atomic E-state index is -1.75. The molecular weight excluding hydrogens is 355 g/mol. The normalized spacial score (nSPS) is 10.7. The molecule has 0 saturated carbocycles. The second kappa shape index (κ2) is 6.94. The lowest BCUT2D eigenvalue weighted by Gasteiger charge is -2.18. The zero-order chi connectivity index (χ0) is 19.8. The number of nitrogens with zero attached hydrogens (tertiary/aromatic N) is 3. The van der Waals surface area contributed by atoms with E-state index in [9.17, 15) is 27.6 Å². The number of rotatable bonds is 4. The second-order valence-electron chi connectivity index (χ2n) is 5.63. The van der Waals surface area contributed by atoms with Crippen LogP contribution in [0.5, 0.6) is 0 Å². The van der Waals surface area contributed by atoms with Crippen molar-refractivity contribution in [3.8, 4) is 0 Å². The summed E-state index contributed by atoms with van der Waals surface area (Å²) in [6.07, 6.45) is 0. The van der Waals surface area contributed by atoms with E-state index in [1.807, 2.05) is 5.32 Å². The molecule has 1 aromatic carbocycles. The van der Waals surface area contributed by atoms with E-state index in [4.69, 9.17) is 5.73 Å². The lowest BCUT2D eigenvalue weighted by Crippen LogP contribution is -2.44. The summed E-state index contributed by atoms with van der Waals surface area (Å²) in [5.41, 5.74) is 3.42. The van der Waals surface area contributed by atoms with E-state index in [2.05, 4.69) is 0 Å². The fourth-order valence-electron chi connectivity index (χ4n) is 2.28. The Morgan fingerprint density at radius 2 is 1.81 bits per heavy atom. The van der Waals surface area contributed by atoms with E-state index in [1.165, 1.54) is 26.0 Å². The van der Waals surface area contributed by atoms with Crippen LogP contribution >= 0.6 is 0 Å². The van der Waals surface area contributed by atoms with E-state index < -0.39 is 46.8 Å². The van der Waals surface area contributed by atoms with Crippen LogP contribution in [0.25, 0.3) is 0 Å². The monoisotopic (exact) mass is 371 g/mol. The lowest BCUT2D eigenvalue weighted by molar-refractivity contribution is -0.116. The number of carbonyl (C=O) groups excluding carboxylic acids is 1. The molecule has 140 valence electrons. The topological polar surface area (TPSA) is 102 Å². The van der Waals surface area contributed by atoms with E-state index >= 15 is 0 Å². The molecule has 11 heteroatoms. The van der Waals surface area contributed by atoms with Gasteiger partial charge in [-0.05, 0) is 12.1 Å². The number of benzene rings is 1. The van der Waals surface area contributed by atoms with Crippen LogP contribution in [0.2, 0.25) is 0 Å². The number of carbonyl (C=O) groups is 1. The number of aromatic nitrogens is 2. The molecule has 0 spiro atoms. The zero-order valence-electron chi connectivity index (χ0n) is 14.1. The first-order chi connectivity index (χ1) is 12.1. The highest BCUT2D eigenvalue weighted by Crippen LogP contribution is 2.19. The fraction of sp³-hybridized carbons (Fsp3) is 0.267. The molecule has 0 radical (unpaired) electrons. The van der Waals surface area contributed by atoms with Crippen molar-refractivity contribution in [2.45, 2.75) is 6.54 Å². The van der Waals surface area contributed by atoms with E-state index in [-0.39, 0.29) is 11.5 Å². The smallest absolute Gasteiger partial charge is 0.332 e. The van der Waals surface area contributed by atoms with Crippen LogP contribution in [0.3, 0.4) is 0 Å². The number of hydrogen-bond acceptors (Lipinski definition) is 5. The van der Waals surface area contributed by atoms with E-state index in [0.717, 1.165) is 10.6 Å². The molecule has 1 amide bonds. The molecule has 8 nitrogen and oxygen atoms in total. The molecule has 1 aromatic heterocycles. The maximum absolute atomic E-state index is 13.6. The number of anilines is 3. The fourth-order valence-corrected chi connectivity index (χ4v) is 2.28. The Balaban J connectivity index is 2.40. The van der Waals surface area contributed by atoms with Gasteiger partial charge in [-0.3, -0.25) is 14.2 Å². The quantitative estimate of drug-likeness (QED) is 0.751. The highest BCUT2D eigenvalue weighted by molar-refractivity contribution is 5.90. The molecule has 2 aromatic rings. The summed E-state index contributed by atoms with van der Waals surface area (Å²) in [7, 11) is 4.37. The standard InChI is InChI=1S/C15H16F3N5O3/c1-21(2)12-13(19)22(3)15(26)23(14(12)25)6-9(24)20-8-5-4-7(16)10(17)11(8)18/h4-5H,6,19H2,1-3H3,(H,20,24). The summed E-state index contributed by atoms with van der Waals surface area (Å²) in [6, 6.07) is 1.45. The van der Waals surface area contributed by atoms with Gasteiger partial charge in [-0.1, -0.05) is 0 Å². The van der Waals surface area contributed by atoms with E-state index in [0.29, 0.717) is 10.6 Å². The van der Waals surface area contributed by atoms with E-state index in [1.54, 1.807) is 0 Å². The molecule has 0 saturated heterocycles. The Hall–Kier alpha value is -3.24. The van der Waals surface area contributed by atoms with Crippen molar-refractivity contribution in [2.75, 3.05) is 30.0 Å². The number of nitrogen functional groups attached to an aromatic ring is 1. The summed E-state index contributed by atoms with van der Waals surface area (Å²) >= 11 is 0. The van der Waals surface area contributed by atoms with Gasteiger partial charge >= 0.3 is 5.69 Å². The van der Waals surface area contributed by atoms with Gasteiger partial charge in [-0.2, -0.15) is 0 Å². The summed E-state index contributed by atoms with van der Waals surface area (Å²) in [5.74, 6) is -5.83. The molecular formula is C15H16F3N5O3. The Labute approximate surface area is 145 Å². The highest BCUT2D eigenvalue weighted by Gasteiger charge is 2.20. The molecule has 0 atom stereocenters. The van der Waals surface area contributed by atoms with Crippen molar-refractivity contribution in [2.24, 2.45) is 7.05 Å². The zero-order valence-corrected chi connectivity index (χ0v) is 14.1. The average molecular weight is 371 g/mol. The predicted octanol–water partition coefficient (Wildman–Crippen LogP) is 0.251. The van der Waals surface area contributed by atoms with Gasteiger partial charge in [-0.25, -0.2) is 22.5 Å². The molecule has 0 aliphatic carbocycles. The first-order valence-corrected chi connectivity index (χ1v) is 7.26. The third-order valence-electron chi connectivity index (χ3n) is 3.63. The molecule has 0 fully saturated rings. The van der Waals surface area contributed by atoms with Gasteiger partial charge in [0, 0.05) is 21.1 Å². The van der Waals surface area contributed by atoms with Gasteiger partial charge in [0.15, 0.2) is 17.5 Å². The van der Waals surface area contributed by atoms with Crippen LogP contribution in [0.15, 0.2) is 21.7 Å². The average Bonchev–Trinajstić information content (AvgIpc) is 2.57. The van der Waals surface area contributed by atoms with Crippen LogP contribution in [0.4, 0.5) is 30.4 Å². The van der Waals surface area contributed by atoms with Crippen molar-refractivity contribution >= 4 is 23.1 Å². The second-order valence-corrected chi connectivity index (χ2v) is 5.63. The maximum atomic E-state index is 13.6.